The average molecular weight is 495 g/mol. The maximum absolute atomic E-state index is 11.9. The van der Waals surface area contributed by atoms with Crippen molar-refractivity contribution in [1.29, 1.82) is 5.26 Å². The van der Waals surface area contributed by atoms with E-state index in [4.69, 9.17) is 37.9 Å². The lowest BCUT2D eigenvalue weighted by Gasteiger charge is -2.13. The number of imide groups is 1. The summed E-state index contributed by atoms with van der Waals surface area (Å²) in [4.78, 5) is 23.2. The van der Waals surface area contributed by atoms with Crippen molar-refractivity contribution >= 4 is 46.6 Å². The molecule has 1 heterocycles. The molecule has 1 aromatic heterocycles. The molecule has 0 aliphatic rings. The summed E-state index contributed by atoms with van der Waals surface area (Å²) in [6.45, 7) is 5.55. The highest BCUT2D eigenvalue weighted by Gasteiger charge is 2.17. The Morgan fingerprint density at radius 2 is 1.88 bits per heavy atom. The Morgan fingerprint density at radius 3 is 2.42 bits per heavy atom. The smallest absolute Gasteiger partial charge is 0.414 e. The molecular weight excluding hydrogens is 475 g/mol. The second-order valence-electron chi connectivity index (χ2n) is 6.53. The lowest BCUT2D eigenvalue weighted by Crippen LogP contribution is -2.36. The molecule has 13 heteroatoms. The van der Waals surface area contributed by atoms with E-state index in [2.05, 4.69) is 25.5 Å². The fourth-order valence-electron chi connectivity index (χ4n) is 2.39. The topological polar surface area (TPSA) is 148 Å². The number of nitrogens with zero attached hydrogens (tertiary/aromatic N) is 4. The number of carbonyl (C=O) groups excluding carboxylic acids is 2. The van der Waals surface area contributed by atoms with Crippen LogP contribution >= 0.6 is 23.2 Å². The van der Waals surface area contributed by atoms with E-state index in [1.165, 1.54) is 19.2 Å². The summed E-state index contributed by atoms with van der Waals surface area (Å²) in [5, 5.41) is 22.8. The third kappa shape index (κ3) is 6.93. The zero-order valence-corrected chi connectivity index (χ0v) is 19.6. The van der Waals surface area contributed by atoms with Crippen LogP contribution in [0, 0.1) is 11.3 Å². The van der Waals surface area contributed by atoms with Gasteiger partial charge in [0.25, 0.3) is 5.91 Å². The molecule has 0 spiro atoms. The number of alkyl carbamates (subject to hydrolysis) is 1. The van der Waals surface area contributed by atoms with E-state index < -0.39 is 17.7 Å². The minimum absolute atomic E-state index is 0.0582. The number of methoxy groups -OCH3 is 1. The Kier molecular flexibility index (Phi) is 9.20. The minimum atomic E-state index is -1.04. The van der Waals surface area contributed by atoms with E-state index in [0.29, 0.717) is 5.88 Å². The molecule has 1 aromatic carbocycles. The number of amides is 2. The van der Waals surface area contributed by atoms with Crippen LogP contribution in [0.1, 0.15) is 32.3 Å². The average Bonchev–Trinajstić information content (AvgIpc) is 2.76. The van der Waals surface area contributed by atoms with Crippen molar-refractivity contribution in [3.63, 3.8) is 0 Å². The van der Waals surface area contributed by atoms with E-state index in [-0.39, 0.29) is 39.9 Å². The molecular formula is C20H20Cl2N6O5. The van der Waals surface area contributed by atoms with E-state index >= 15 is 0 Å². The van der Waals surface area contributed by atoms with Crippen LogP contribution in [0.25, 0.3) is 0 Å². The Balaban J connectivity index is 2.21. The van der Waals surface area contributed by atoms with Crippen molar-refractivity contribution in [2.45, 2.75) is 26.7 Å². The maximum atomic E-state index is 11.9. The maximum Gasteiger partial charge on any atom is 0.414 e. The molecule has 0 radical (unpaired) electrons. The molecule has 0 unspecified atom stereocenters. The first-order valence-electron chi connectivity index (χ1n) is 9.50. The SMILES string of the molecule is CCOC(=O)NC(=O)/C(C#N)=N/Nc1cc(Cl)c(Oc2cc(C(C)C)c(OC)nn2)c(Cl)c1. The van der Waals surface area contributed by atoms with Gasteiger partial charge in [-0.3, -0.25) is 15.5 Å². The van der Waals surface area contributed by atoms with Crippen LogP contribution < -0.4 is 20.2 Å². The molecule has 0 aliphatic heterocycles. The fraction of sp³-hybridized carbons (Fsp3) is 0.300. The van der Waals surface area contributed by atoms with Gasteiger partial charge in [-0.25, -0.2) is 4.79 Å². The first-order valence-corrected chi connectivity index (χ1v) is 10.3. The van der Waals surface area contributed by atoms with Crippen LogP contribution in [0.4, 0.5) is 10.5 Å². The van der Waals surface area contributed by atoms with Crippen LogP contribution in [0.5, 0.6) is 17.5 Å². The van der Waals surface area contributed by atoms with Gasteiger partial charge in [0.05, 0.1) is 29.4 Å². The normalized spacial score (nSPS) is 10.9. The van der Waals surface area contributed by atoms with Crippen molar-refractivity contribution in [3.8, 4) is 23.6 Å². The molecule has 2 aromatic rings. The standard InChI is InChI=1S/C20H20Cl2N6O5/c1-5-32-20(30)24-18(29)15(9-23)26-25-11-6-13(21)17(14(22)7-11)33-16-8-12(10(2)3)19(31-4)28-27-16/h6-8,10,25H,5H2,1-4H3,(H,24,29,30)/b26-15+. The quantitative estimate of drug-likeness (QED) is 0.405. The molecule has 2 amide bonds. The van der Waals surface area contributed by atoms with E-state index in [9.17, 15) is 9.59 Å². The summed E-state index contributed by atoms with van der Waals surface area (Å²) >= 11 is 12.6. The molecule has 33 heavy (non-hydrogen) atoms. The molecule has 0 fully saturated rings. The van der Waals surface area contributed by atoms with E-state index in [0.717, 1.165) is 5.56 Å². The Labute approximate surface area is 199 Å². The molecule has 0 saturated carbocycles. The molecule has 2 rings (SSSR count). The number of hydrogen-bond acceptors (Lipinski definition) is 10. The van der Waals surface area contributed by atoms with Crippen LogP contribution in [-0.4, -0.2) is 41.6 Å². The fourth-order valence-corrected chi connectivity index (χ4v) is 2.96. The van der Waals surface area contributed by atoms with Gasteiger partial charge in [-0.05, 0) is 25.0 Å². The van der Waals surface area contributed by atoms with Gasteiger partial charge in [-0.2, -0.15) is 10.4 Å². The molecule has 2 N–H and O–H groups in total. The minimum Gasteiger partial charge on any atom is -0.480 e. The highest BCUT2D eigenvalue weighted by atomic mass is 35.5. The number of ether oxygens (including phenoxy) is 3. The number of carbonyl (C=O) groups is 2. The van der Waals surface area contributed by atoms with Gasteiger partial charge < -0.3 is 14.2 Å². The van der Waals surface area contributed by atoms with Crippen LogP contribution in [0.15, 0.2) is 23.3 Å². The second kappa shape index (κ2) is 11.8. The Bertz CT molecular complexity index is 1090. The number of hydrogen-bond donors (Lipinski definition) is 2. The largest absolute Gasteiger partial charge is 0.480 e. The number of nitrogens with one attached hydrogen (secondary N) is 2. The lowest BCUT2D eigenvalue weighted by atomic mass is 10.1. The zero-order valence-electron chi connectivity index (χ0n) is 18.1. The summed E-state index contributed by atoms with van der Waals surface area (Å²) in [5.41, 5.74) is 2.89. The van der Waals surface area contributed by atoms with Gasteiger partial charge in [0.2, 0.25) is 17.5 Å². The number of aromatic nitrogens is 2. The van der Waals surface area contributed by atoms with Crippen LogP contribution in [0.2, 0.25) is 10.0 Å². The van der Waals surface area contributed by atoms with Crippen molar-refractivity contribution < 1.29 is 23.8 Å². The molecule has 11 nitrogen and oxygen atoms in total. The van der Waals surface area contributed by atoms with Gasteiger partial charge in [-0.15, -0.1) is 10.2 Å². The van der Waals surface area contributed by atoms with Gasteiger partial charge in [-0.1, -0.05) is 37.0 Å². The number of nitriles is 1. The van der Waals surface area contributed by atoms with Crippen molar-refractivity contribution in [2.75, 3.05) is 19.1 Å². The summed E-state index contributed by atoms with van der Waals surface area (Å²) in [6, 6.07) is 6.05. The second-order valence-corrected chi connectivity index (χ2v) is 7.35. The molecule has 0 bridgehead atoms. The summed E-state index contributed by atoms with van der Waals surface area (Å²) in [5.74, 6) is -0.289. The molecule has 0 saturated heterocycles. The first kappa shape index (κ1) is 25.6. The molecule has 0 atom stereocenters. The van der Waals surface area contributed by atoms with Crippen molar-refractivity contribution in [3.05, 3.63) is 33.8 Å². The van der Waals surface area contributed by atoms with Crippen molar-refractivity contribution in [2.24, 2.45) is 5.10 Å². The van der Waals surface area contributed by atoms with E-state index in [1.54, 1.807) is 19.1 Å². The van der Waals surface area contributed by atoms with Gasteiger partial charge in [0.1, 0.15) is 6.07 Å². The predicted octanol–water partition coefficient (Wildman–Crippen LogP) is 4.27. The number of benzene rings is 1. The predicted molar refractivity (Wildman–Crippen MR) is 121 cm³/mol. The van der Waals surface area contributed by atoms with E-state index in [1.807, 2.05) is 19.2 Å². The molecule has 174 valence electrons. The first-order chi connectivity index (χ1) is 15.7. The number of halogens is 2. The number of anilines is 1. The zero-order chi connectivity index (χ0) is 24.5. The summed E-state index contributed by atoms with van der Waals surface area (Å²) in [7, 11) is 1.50. The third-order valence-electron chi connectivity index (χ3n) is 3.89. The highest BCUT2D eigenvalue weighted by Crippen LogP contribution is 2.39. The lowest BCUT2D eigenvalue weighted by molar-refractivity contribution is -0.114. The third-order valence-corrected chi connectivity index (χ3v) is 4.46. The van der Waals surface area contributed by atoms with Gasteiger partial charge in [0, 0.05) is 11.6 Å². The number of hydrazone groups is 1. The molecule has 0 aliphatic carbocycles. The van der Waals surface area contributed by atoms with Crippen LogP contribution in [0.3, 0.4) is 0 Å². The summed E-state index contributed by atoms with van der Waals surface area (Å²) in [6.07, 6.45) is -1.000. The van der Waals surface area contributed by atoms with Crippen molar-refractivity contribution in [1.82, 2.24) is 15.5 Å². The van der Waals surface area contributed by atoms with Crippen LogP contribution in [-0.2, 0) is 9.53 Å². The summed E-state index contributed by atoms with van der Waals surface area (Å²) < 4.78 is 15.5. The number of rotatable bonds is 8. The van der Waals surface area contributed by atoms with Gasteiger partial charge >= 0.3 is 6.09 Å². The Morgan fingerprint density at radius 1 is 1.21 bits per heavy atom. The highest BCUT2D eigenvalue weighted by molar-refractivity contribution is 6.47. The Hall–Kier alpha value is -3.62. The van der Waals surface area contributed by atoms with Gasteiger partial charge in [0.15, 0.2) is 5.75 Å². The monoisotopic (exact) mass is 494 g/mol.